The minimum Gasteiger partial charge on any atom is -0.314 e. The van der Waals surface area contributed by atoms with Crippen molar-refractivity contribution in [3.05, 3.63) is 69.8 Å². The van der Waals surface area contributed by atoms with Gasteiger partial charge in [-0.3, -0.25) is 19.8 Å². The molecule has 27 heavy (non-hydrogen) atoms. The maximum Gasteiger partial charge on any atom is 0.269 e. The normalized spacial score (nSPS) is 13.6. The van der Waals surface area contributed by atoms with Crippen LogP contribution in [0.15, 0.2) is 48.5 Å². The summed E-state index contributed by atoms with van der Waals surface area (Å²) in [4.78, 5) is 26.9. The zero-order valence-corrected chi connectivity index (χ0v) is 15.8. The van der Waals surface area contributed by atoms with E-state index in [0.717, 1.165) is 25.8 Å². The monoisotopic (exact) mass is 367 g/mol. The van der Waals surface area contributed by atoms with Crippen LogP contribution in [-0.4, -0.2) is 35.4 Å². The van der Waals surface area contributed by atoms with Gasteiger partial charge in [-0.05, 0) is 42.5 Å². The Bertz CT molecular complexity index is 798. The average Bonchev–Trinajstić information content (AvgIpc) is 3.52. The molecule has 0 N–H and O–H groups in total. The SMILES string of the molecule is CCc1ccc(CN(CC(=O)N(C)c2ccc([N+](=O)[O-])cc2)C2CC2)cc1. The molecule has 0 heterocycles. The smallest absolute Gasteiger partial charge is 0.269 e. The van der Waals surface area contributed by atoms with Gasteiger partial charge >= 0.3 is 0 Å². The summed E-state index contributed by atoms with van der Waals surface area (Å²) in [5, 5.41) is 10.8. The molecule has 3 rings (SSSR count). The highest BCUT2D eigenvalue weighted by molar-refractivity contribution is 5.94. The lowest BCUT2D eigenvalue weighted by atomic mass is 10.1. The maximum absolute atomic E-state index is 12.7. The van der Waals surface area contributed by atoms with Crippen molar-refractivity contribution in [3.8, 4) is 0 Å². The van der Waals surface area contributed by atoms with Gasteiger partial charge in [0.1, 0.15) is 0 Å². The number of non-ortho nitro benzene ring substituents is 1. The Morgan fingerprint density at radius 2 is 1.67 bits per heavy atom. The molecule has 1 aliphatic rings. The van der Waals surface area contributed by atoms with E-state index in [9.17, 15) is 14.9 Å². The fraction of sp³-hybridized carbons (Fsp3) is 0.381. The first-order valence-electron chi connectivity index (χ1n) is 9.30. The minimum absolute atomic E-state index is 0.0130. The molecule has 0 bridgehead atoms. The third-order valence-electron chi connectivity index (χ3n) is 5.04. The van der Waals surface area contributed by atoms with Crippen LogP contribution >= 0.6 is 0 Å². The van der Waals surface area contributed by atoms with E-state index in [1.807, 2.05) is 0 Å². The number of rotatable bonds is 8. The van der Waals surface area contributed by atoms with Crippen molar-refractivity contribution in [2.75, 3.05) is 18.5 Å². The molecule has 6 nitrogen and oxygen atoms in total. The molecule has 0 aliphatic heterocycles. The molecular formula is C21H25N3O3. The van der Waals surface area contributed by atoms with Crippen molar-refractivity contribution >= 4 is 17.3 Å². The first kappa shape index (κ1) is 19.0. The van der Waals surface area contributed by atoms with E-state index >= 15 is 0 Å². The summed E-state index contributed by atoms with van der Waals surface area (Å²) in [7, 11) is 1.71. The Morgan fingerprint density at radius 1 is 1.07 bits per heavy atom. The van der Waals surface area contributed by atoms with Gasteiger partial charge in [-0.1, -0.05) is 31.2 Å². The molecule has 0 aromatic heterocycles. The molecular weight excluding hydrogens is 342 g/mol. The number of anilines is 1. The summed E-state index contributed by atoms with van der Waals surface area (Å²) in [6.45, 7) is 3.24. The summed E-state index contributed by atoms with van der Waals surface area (Å²) in [5.74, 6) is -0.0130. The van der Waals surface area contributed by atoms with Crippen LogP contribution in [-0.2, 0) is 17.8 Å². The van der Waals surface area contributed by atoms with Gasteiger partial charge < -0.3 is 4.90 Å². The van der Waals surface area contributed by atoms with Gasteiger partial charge in [-0.25, -0.2) is 0 Å². The summed E-state index contributed by atoms with van der Waals surface area (Å²) >= 11 is 0. The van der Waals surface area contributed by atoms with E-state index in [4.69, 9.17) is 0 Å². The topological polar surface area (TPSA) is 66.7 Å². The number of benzene rings is 2. The number of hydrogen-bond acceptors (Lipinski definition) is 4. The highest BCUT2D eigenvalue weighted by Crippen LogP contribution is 2.28. The number of nitrogens with zero attached hydrogens (tertiary/aromatic N) is 3. The molecule has 0 atom stereocenters. The Labute approximate surface area is 159 Å². The number of nitro groups is 1. The van der Waals surface area contributed by atoms with Crippen LogP contribution in [0.1, 0.15) is 30.9 Å². The Balaban J connectivity index is 1.64. The maximum atomic E-state index is 12.7. The lowest BCUT2D eigenvalue weighted by Gasteiger charge is -2.25. The third-order valence-corrected chi connectivity index (χ3v) is 5.04. The molecule has 1 aliphatic carbocycles. The molecule has 2 aromatic carbocycles. The van der Waals surface area contributed by atoms with Crippen molar-refractivity contribution in [2.45, 2.75) is 38.8 Å². The zero-order chi connectivity index (χ0) is 19.4. The number of likely N-dealkylation sites (N-methyl/N-ethyl adjacent to an activating group) is 1. The average molecular weight is 367 g/mol. The van der Waals surface area contributed by atoms with E-state index < -0.39 is 4.92 Å². The predicted octanol–water partition coefficient (Wildman–Crippen LogP) is 3.78. The Hall–Kier alpha value is -2.73. The number of nitro benzene ring substituents is 1. The quantitative estimate of drug-likeness (QED) is 0.526. The van der Waals surface area contributed by atoms with Crippen LogP contribution in [0.4, 0.5) is 11.4 Å². The van der Waals surface area contributed by atoms with Gasteiger partial charge in [0.2, 0.25) is 5.91 Å². The molecule has 1 saturated carbocycles. The van der Waals surface area contributed by atoms with Gasteiger partial charge in [-0.2, -0.15) is 0 Å². The fourth-order valence-electron chi connectivity index (χ4n) is 3.09. The summed E-state index contributed by atoms with van der Waals surface area (Å²) < 4.78 is 0. The van der Waals surface area contributed by atoms with Crippen molar-refractivity contribution in [1.29, 1.82) is 0 Å². The first-order valence-corrected chi connectivity index (χ1v) is 9.30. The molecule has 1 amide bonds. The molecule has 6 heteroatoms. The minimum atomic E-state index is -0.440. The third kappa shape index (κ3) is 4.92. The van der Waals surface area contributed by atoms with Crippen LogP contribution in [0, 0.1) is 10.1 Å². The first-order chi connectivity index (χ1) is 13.0. The molecule has 0 spiro atoms. The van der Waals surface area contributed by atoms with Crippen molar-refractivity contribution < 1.29 is 9.72 Å². The standard InChI is InChI=1S/C21H25N3O3/c1-3-16-4-6-17(7-5-16)14-23(19-10-11-19)15-21(25)22(2)18-8-12-20(13-9-18)24(26)27/h4-9,12-13,19H,3,10-11,14-15H2,1-2H3. The molecule has 0 unspecified atom stereocenters. The van der Waals surface area contributed by atoms with Crippen LogP contribution in [0.25, 0.3) is 0 Å². The zero-order valence-electron chi connectivity index (χ0n) is 15.8. The van der Waals surface area contributed by atoms with E-state index in [0.29, 0.717) is 18.3 Å². The number of carbonyl (C=O) groups excluding carboxylic acids is 1. The second-order valence-corrected chi connectivity index (χ2v) is 7.03. The van der Waals surface area contributed by atoms with Crippen molar-refractivity contribution in [2.24, 2.45) is 0 Å². The lowest BCUT2D eigenvalue weighted by molar-refractivity contribution is -0.384. The summed E-state index contributed by atoms with van der Waals surface area (Å²) in [6.07, 6.45) is 3.27. The van der Waals surface area contributed by atoms with Gasteiger partial charge in [0.05, 0.1) is 11.5 Å². The van der Waals surface area contributed by atoms with Crippen LogP contribution in [0.2, 0.25) is 0 Å². The summed E-state index contributed by atoms with van der Waals surface area (Å²) in [6, 6.07) is 15.1. The highest BCUT2D eigenvalue weighted by Gasteiger charge is 2.31. The molecule has 2 aromatic rings. The van der Waals surface area contributed by atoms with Gasteiger partial charge in [0.25, 0.3) is 5.69 Å². The fourth-order valence-corrected chi connectivity index (χ4v) is 3.09. The highest BCUT2D eigenvalue weighted by atomic mass is 16.6. The van der Waals surface area contributed by atoms with E-state index in [1.54, 1.807) is 24.1 Å². The Kier molecular flexibility index (Phi) is 5.86. The van der Waals surface area contributed by atoms with Crippen LogP contribution < -0.4 is 4.90 Å². The molecule has 0 saturated heterocycles. The number of amides is 1. The van der Waals surface area contributed by atoms with Gasteiger partial charge in [-0.15, -0.1) is 0 Å². The Morgan fingerprint density at radius 3 is 2.19 bits per heavy atom. The van der Waals surface area contributed by atoms with E-state index in [-0.39, 0.29) is 11.6 Å². The largest absolute Gasteiger partial charge is 0.314 e. The molecule has 0 radical (unpaired) electrons. The van der Waals surface area contributed by atoms with Crippen LogP contribution in [0.3, 0.4) is 0 Å². The predicted molar refractivity (Wildman–Crippen MR) is 106 cm³/mol. The van der Waals surface area contributed by atoms with Crippen LogP contribution in [0.5, 0.6) is 0 Å². The van der Waals surface area contributed by atoms with Gasteiger partial charge in [0.15, 0.2) is 0 Å². The van der Waals surface area contributed by atoms with Crippen molar-refractivity contribution in [1.82, 2.24) is 4.90 Å². The lowest BCUT2D eigenvalue weighted by Crippen LogP contribution is -2.39. The second-order valence-electron chi connectivity index (χ2n) is 7.03. The number of hydrogen-bond donors (Lipinski definition) is 0. The van der Waals surface area contributed by atoms with E-state index in [2.05, 4.69) is 36.1 Å². The number of aryl methyl sites for hydroxylation is 1. The van der Waals surface area contributed by atoms with Gasteiger partial charge in [0, 0.05) is 37.5 Å². The molecule has 1 fully saturated rings. The van der Waals surface area contributed by atoms with E-state index in [1.165, 1.54) is 23.3 Å². The summed E-state index contributed by atoms with van der Waals surface area (Å²) in [5.41, 5.74) is 3.21. The number of carbonyl (C=O) groups is 1. The second kappa shape index (κ2) is 8.31. The van der Waals surface area contributed by atoms with Crippen molar-refractivity contribution in [3.63, 3.8) is 0 Å². The molecule has 142 valence electrons.